The van der Waals surface area contributed by atoms with E-state index in [2.05, 4.69) is 5.32 Å². The predicted octanol–water partition coefficient (Wildman–Crippen LogP) is 4.43. The normalized spacial score (nSPS) is 13.7. The summed E-state index contributed by atoms with van der Waals surface area (Å²) in [6, 6.07) is 15.6. The van der Waals surface area contributed by atoms with Gasteiger partial charge in [-0.05, 0) is 82.1 Å². The molecular formula is C31H36FN3O6S. The van der Waals surface area contributed by atoms with Crippen LogP contribution in [-0.2, 0) is 26.2 Å². The lowest BCUT2D eigenvalue weighted by Gasteiger charge is -2.34. The molecule has 0 aromatic heterocycles. The maximum atomic E-state index is 14.1. The number of fused-ring (bicyclic) bond motifs is 1. The zero-order chi connectivity index (χ0) is 30.7. The first-order valence-corrected chi connectivity index (χ1v) is 15.0. The van der Waals surface area contributed by atoms with Crippen LogP contribution in [0, 0.1) is 12.7 Å². The number of rotatable bonds is 9. The number of sulfonamides is 1. The summed E-state index contributed by atoms with van der Waals surface area (Å²) in [5.74, 6) is -0.878. The van der Waals surface area contributed by atoms with Crippen molar-refractivity contribution in [3.05, 3.63) is 83.7 Å². The van der Waals surface area contributed by atoms with Crippen LogP contribution in [-0.4, -0.2) is 56.5 Å². The molecule has 0 saturated heterocycles. The van der Waals surface area contributed by atoms with E-state index in [-0.39, 0.29) is 35.4 Å². The summed E-state index contributed by atoms with van der Waals surface area (Å²) in [5.41, 5.74) is 1.26. The Bertz CT molecular complexity index is 1550. The number of hydrogen-bond donors (Lipinski definition) is 1. The van der Waals surface area contributed by atoms with Gasteiger partial charge in [0, 0.05) is 18.2 Å². The quantitative estimate of drug-likeness (QED) is 0.391. The molecule has 0 unspecified atom stereocenters. The molecule has 224 valence electrons. The number of anilines is 1. The standard InChI is InChI=1S/C31H36FN3O6S/c1-21-8-6-7-9-23(21)19-34(22(2)30(37)33-31(3,4)5)29(36)20-35(25-12-10-24(32)11-13-25)42(38,39)26-14-15-27-28(18-26)41-17-16-40-27/h6-15,18,22H,16-17,19-20H2,1-5H3,(H,33,37)/t22-/m1/s1. The smallest absolute Gasteiger partial charge is 0.264 e. The van der Waals surface area contributed by atoms with Gasteiger partial charge in [-0.15, -0.1) is 0 Å². The van der Waals surface area contributed by atoms with Crippen molar-refractivity contribution in [1.82, 2.24) is 10.2 Å². The van der Waals surface area contributed by atoms with Crippen molar-refractivity contribution in [1.29, 1.82) is 0 Å². The molecule has 1 heterocycles. The molecule has 3 aromatic rings. The van der Waals surface area contributed by atoms with Crippen LogP contribution in [0.4, 0.5) is 10.1 Å². The highest BCUT2D eigenvalue weighted by Gasteiger charge is 2.34. The first-order valence-electron chi connectivity index (χ1n) is 13.6. The first-order chi connectivity index (χ1) is 19.8. The highest BCUT2D eigenvalue weighted by atomic mass is 32.2. The largest absolute Gasteiger partial charge is 0.486 e. The van der Waals surface area contributed by atoms with Crippen molar-refractivity contribution in [2.24, 2.45) is 0 Å². The Morgan fingerprint density at radius 3 is 2.26 bits per heavy atom. The SMILES string of the molecule is Cc1ccccc1CN(C(=O)CN(c1ccc(F)cc1)S(=O)(=O)c1ccc2c(c1)OCCO2)[C@H](C)C(=O)NC(C)(C)C. The fraction of sp³-hybridized carbons (Fsp3) is 0.355. The molecule has 0 saturated carbocycles. The van der Waals surface area contributed by atoms with Gasteiger partial charge in [-0.3, -0.25) is 13.9 Å². The average Bonchev–Trinajstić information content (AvgIpc) is 2.94. The Balaban J connectivity index is 1.73. The van der Waals surface area contributed by atoms with Gasteiger partial charge >= 0.3 is 0 Å². The van der Waals surface area contributed by atoms with E-state index in [0.29, 0.717) is 12.4 Å². The van der Waals surface area contributed by atoms with Gasteiger partial charge in [-0.2, -0.15) is 0 Å². The van der Waals surface area contributed by atoms with Crippen LogP contribution in [0.15, 0.2) is 71.6 Å². The zero-order valence-electron chi connectivity index (χ0n) is 24.4. The van der Waals surface area contributed by atoms with E-state index in [1.807, 2.05) is 52.0 Å². The van der Waals surface area contributed by atoms with Crippen LogP contribution < -0.4 is 19.1 Å². The number of carbonyl (C=O) groups is 2. The van der Waals surface area contributed by atoms with Crippen molar-refractivity contribution in [3.63, 3.8) is 0 Å². The van der Waals surface area contributed by atoms with Gasteiger partial charge in [0.1, 0.15) is 31.6 Å². The zero-order valence-corrected chi connectivity index (χ0v) is 25.2. The molecule has 2 amide bonds. The van der Waals surface area contributed by atoms with Crippen molar-refractivity contribution in [3.8, 4) is 11.5 Å². The molecule has 0 fully saturated rings. The molecule has 1 aliphatic heterocycles. The minimum atomic E-state index is -4.36. The minimum absolute atomic E-state index is 0.0750. The molecule has 1 N–H and O–H groups in total. The van der Waals surface area contributed by atoms with E-state index in [4.69, 9.17) is 9.47 Å². The Kier molecular flexibility index (Phi) is 9.10. The summed E-state index contributed by atoms with van der Waals surface area (Å²) in [6.07, 6.45) is 0. The molecule has 0 aliphatic carbocycles. The maximum absolute atomic E-state index is 14.1. The Hall–Kier alpha value is -4.12. The van der Waals surface area contributed by atoms with Crippen molar-refractivity contribution >= 4 is 27.5 Å². The predicted molar refractivity (Wildman–Crippen MR) is 157 cm³/mol. The van der Waals surface area contributed by atoms with Gasteiger partial charge in [0.05, 0.1) is 10.6 Å². The fourth-order valence-electron chi connectivity index (χ4n) is 4.48. The van der Waals surface area contributed by atoms with Crippen LogP contribution in [0.25, 0.3) is 0 Å². The minimum Gasteiger partial charge on any atom is -0.486 e. The third kappa shape index (κ3) is 7.20. The number of hydrogen-bond acceptors (Lipinski definition) is 6. The van der Waals surface area contributed by atoms with Crippen molar-refractivity contribution in [2.45, 2.75) is 57.6 Å². The molecule has 0 bridgehead atoms. The van der Waals surface area contributed by atoms with Crippen LogP contribution in [0.2, 0.25) is 0 Å². The monoisotopic (exact) mass is 597 g/mol. The summed E-state index contributed by atoms with van der Waals surface area (Å²) in [7, 11) is -4.36. The summed E-state index contributed by atoms with van der Waals surface area (Å²) in [6.45, 7) is 9.05. The number of nitrogens with zero attached hydrogens (tertiary/aromatic N) is 2. The van der Waals surface area contributed by atoms with Gasteiger partial charge < -0.3 is 19.7 Å². The van der Waals surface area contributed by atoms with Crippen molar-refractivity contribution < 1.29 is 31.9 Å². The number of amides is 2. The van der Waals surface area contributed by atoms with E-state index in [0.717, 1.165) is 27.6 Å². The van der Waals surface area contributed by atoms with Gasteiger partial charge in [-0.1, -0.05) is 24.3 Å². The third-order valence-corrected chi connectivity index (χ3v) is 8.53. The highest BCUT2D eigenvalue weighted by Crippen LogP contribution is 2.34. The number of benzene rings is 3. The number of ether oxygens (including phenoxy) is 2. The number of halogens is 1. The fourth-order valence-corrected chi connectivity index (χ4v) is 5.91. The Morgan fingerprint density at radius 2 is 1.62 bits per heavy atom. The highest BCUT2D eigenvalue weighted by molar-refractivity contribution is 7.92. The Labute approximate surface area is 246 Å². The maximum Gasteiger partial charge on any atom is 0.264 e. The van der Waals surface area contributed by atoms with Gasteiger partial charge in [-0.25, -0.2) is 12.8 Å². The molecule has 0 spiro atoms. The molecule has 1 aliphatic rings. The van der Waals surface area contributed by atoms with Gasteiger partial charge in [0.15, 0.2) is 11.5 Å². The van der Waals surface area contributed by atoms with E-state index in [1.165, 1.54) is 35.2 Å². The molecule has 42 heavy (non-hydrogen) atoms. The lowest BCUT2D eigenvalue weighted by molar-refractivity contribution is -0.140. The second kappa shape index (κ2) is 12.4. The van der Waals surface area contributed by atoms with Crippen LogP contribution in [0.5, 0.6) is 11.5 Å². The number of nitrogens with one attached hydrogen (secondary N) is 1. The summed E-state index contributed by atoms with van der Waals surface area (Å²) >= 11 is 0. The molecule has 4 rings (SSSR count). The van der Waals surface area contributed by atoms with E-state index in [1.54, 1.807) is 6.92 Å². The molecular weight excluding hydrogens is 561 g/mol. The topological polar surface area (TPSA) is 105 Å². The third-order valence-electron chi connectivity index (χ3n) is 6.76. The second-order valence-corrected chi connectivity index (χ2v) is 13.0. The summed E-state index contributed by atoms with van der Waals surface area (Å²) in [4.78, 5) is 28.5. The van der Waals surface area contributed by atoms with E-state index >= 15 is 0 Å². The first kappa shape index (κ1) is 30.8. The Morgan fingerprint density at radius 1 is 0.976 bits per heavy atom. The van der Waals surface area contributed by atoms with Crippen LogP contribution in [0.3, 0.4) is 0 Å². The molecule has 1 atom stereocenters. The van der Waals surface area contributed by atoms with Gasteiger partial charge in [0.25, 0.3) is 10.0 Å². The lowest BCUT2D eigenvalue weighted by atomic mass is 10.1. The van der Waals surface area contributed by atoms with E-state index < -0.39 is 39.9 Å². The second-order valence-electron chi connectivity index (χ2n) is 11.2. The van der Waals surface area contributed by atoms with Crippen LogP contribution >= 0.6 is 0 Å². The molecule has 3 aromatic carbocycles. The molecule has 9 nitrogen and oxygen atoms in total. The molecule has 0 radical (unpaired) electrons. The van der Waals surface area contributed by atoms with E-state index in [9.17, 15) is 22.4 Å². The summed E-state index contributed by atoms with van der Waals surface area (Å²) < 4.78 is 54.0. The number of carbonyl (C=O) groups excluding carboxylic acids is 2. The molecule has 11 heteroatoms. The number of aryl methyl sites for hydroxylation is 1. The van der Waals surface area contributed by atoms with Crippen LogP contribution in [0.1, 0.15) is 38.8 Å². The van der Waals surface area contributed by atoms with Gasteiger partial charge in [0.2, 0.25) is 11.8 Å². The van der Waals surface area contributed by atoms with Crippen molar-refractivity contribution in [2.75, 3.05) is 24.1 Å². The summed E-state index contributed by atoms with van der Waals surface area (Å²) in [5, 5.41) is 2.90. The lowest BCUT2D eigenvalue weighted by Crippen LogP contribution is -2.54. The average molecular weight is 598 g/mol.